The molecule has 1 aliphatic heterocycles. The van der Waals surface area contributed by atoms with Crippen LogP contribution in [-0.2, 0) is 14.8 Å². The lowest BCUT2D eigenvalue weighted by Gasteiger charge is -2.35. The van der Waals surface area contributed by atoms with Crippen LogP contribution in [0.1, 0.15) is 18.5 Å². The first-order chi connectivity index (χ1) is 14.5. The van der Waals surface area contributed by atoms with E-state index in [0.717, 1.165) is 5.56 Å². The van der Waals surface area contributed by atoms with Gasteiger partial charge in [0.15, 0.2) is 6.10 Å². The van der Waals surface area contributed by atoms with Crippen LogP contribution in [0, 0.1) is 0 Å². The number of fused-ring (bicyclic) bond motifs is 1. The minimum Gasteiger partial charge on any atom is -0.476 e. The fraction of sp³-hybridized carbons (Fsp3) is 0.174. The van der Waals surface area contributed by atoms with E-state index in [9.17, 15) is 13.2 Å². The number of benzene rings is 3. The number of amides is 1. The summed E-state index contributed by atoms with van der Waals surface area (Å²) >= 11 is 0. The van der Waals surface area contributed by atoms with E-state index < -0.39 is 16.1 Å². The Hall–Kier alpha value is -3.32. The van der Waals surface area contributed by atoms with Gasteiger partial charge >= 0.3 is 0 Å². The number of carbonyl (C=O) groups excluding carboxylic acids is 1. The lowest BCUT2D eigenvalue weighted by atomic mass is 10.1. The van der Waals surface area contributed by atoms with Gasteiger partial charge in [0.05, 0.1) is 23.2 Å². The highest BCUT2D eigenvalue weighted by atomic mass is 32.2. The van der Waals surface area contributed by atoms with Crippen molar-refractivity contribution in [2.24, 2.45) is 0 Å². The van der Waals surface area contributed by atoms with E-state index in [-0.39, 0.29) is 23.4 Å². The molecule has 7 heteroatoms. The Morgan fingerprint density at radius 2 is 1.57 bits per heavy atom. The molecule has 0 aromatic heterocycles. The third-order valence-corrected chi connectivity index (χ3v) is 6.81. The number of rotatable bonds is 5. The van der Waals surface area contributed by atoms with Gasteiger partial charge in [-0.25, -0.2) is 8.42 Å². The van der Waals surface area contributed by atoms with Crippen LogP contribution < -0.4 is 14.4 Å². The van der Waals surface area contributed by atoms with E-state index in [1.165, 1.54) is 4.31 Å². The van der Waals surface area contributed by atoms with E-state index in [2.05, 4.69) is 5.32 Å². The third kappa shape index (κ3) is 3.89. The molecule has 1 amide bonds. The summed E-state index contributed by atoms with van der Waals surface area (Å²) in [7, 11) is -3.85. The molecule has 0 aliphatic carbocycles. The van der Waals surface area contributed by atoms with Crippen LogP contribution in [0.25, 0.3) is 0 Å². The van der Waals surface area contributed by atoms with Gasteiger partial charge in [-0.15, -0.1) is 0 Å². The molecule has 0 bridgehead atoms. The van der Waals surface area contributed by atoms with Gasteiger partial charge in [-0.3, -0.25) is 9.10 Å². The van der Waals surface area contributed by atoms with E-state index in [1.54, 1.807) is 54.6 Å². The zero-order valence-corrected chi connectivity index (χ0v) is 17.2. The molecule has 1 aliphatic rings. The fourth-order valence-electron chi connectivity index (χ4n) is 3.42. The summed E-state index contributed by atoms with van der Waals surface area (Å²) in [5.41, 5.74) is 1.37. The number of hydrogen-bond acceptors (Lipinski definition) is 4. The highest BCUT2D eigenvalue weighted by molar-refractivity contribution is 7.92. The minimum absolute atomic E-state index is 0.110. The van der Waals surface area contributed by atoms with Crippen molar-refractivity contribution in [2.45, 2.75) is 24.0 Å². The number of para-hydroxylation sites is 2. The maximum Gasteiger partial charge on any atom is 0.264 e. The molecule has 1 unspecified atom stereocenters. The third-order valence-electron chi connectivity index (χ3n) is 5.02. The lowest BCUT2D eigenvalue weighted by Crippen LogP contribution is -2.51. The number of sulfonamides is 1. The first-order valence-electron chi connectivity index (χ1n) is 9.65. The smallest absolute Gasteiger partial charge is 0.264 e. The predicted octanol–water partition coefficient (Wildman–Crippen LogP) is 3.52. The number of carbonyl (C=O) groups is 1. The van der Waals surface area contributed by atoms with Crippen molar-refractivity contribution in [3.8, 4) is 5.75 Å². The quantitative estimate of drug-likeness (QED) is 0.683. The Morgan fingerprint density at radius 1 is 0.967 bits per heavy atom. The first kappa shape index (κ1) is 20.0. The average molecular weight is 423 g/mol. The van der Waals surface area contributed by atoms with Crippen LogP contribution in [0.15, 0.2) is 89.8 Å². The molecule has 154 valence electrons. The van der Waals surface area contributed by atoms with Gasteiger partial charge in [0.2, 0.25) is 0 Å². The molecule has 0 fully saturated rings. The molecule has 3 aromatic rings. The second kappa shape index (κ2) is 8.20. The second-order valence-electron chi connectivity index (χ2n) is 7.06. The number of ether oxygens (including phenoxy) is 1. The molecule has 0 saturated heterocycles. The molecule has 0 radical (unpaired) electrons. The van der Waals surface area contributed by atoms with Gasteiger partial charge in [0.25, 0.3) is 15.9 Å². The van der Waals surface area contributed by atoms with Crippen molar-refractivity contribution in [1.29, 1.82) is 0 Å². The van der Waals surface area contributed by atoms with Crippen LogP contribution >= 0.6 is 0 Å². The molecule has 6 nitrogen and oxygen atoms in total. The van der Waals surface area contributed by atoms with Crippen LogP contribution in [0.3, 0.4) is 0 Å². The molecule has 0 spiro atoms. The summed E-state index contributed by atoms with van der Waals surface area (Å²) in [6.07, 6.45) is -0.968. The molecule has 3 aromatic carbocycles. The largest absolute Gasteiger partial charge is 0.476 e. The molecule has 0 saturated carbocycles. The predicted molar refractivity (Wildman–Crippen MR) is 115 cm³/mol. The molecular formula is C23H22N2O4S. The highest BCUT2D eigenvalue weighted by Crippen LogP contribution is 2.36. The zero-order chi connectivity index (χ0) is 21.1. The van der Waals surface area contributed by atoms with Crippen molar-refractivity contribution in [2.75, 3.05) is 10.8 Å². The summed E-state index contributed by atoms with van der Waals surface area (Å²) in [5.74, 6) is -0.00936. The van der Waals surface area contributed by atoms with Gasteiger partial charge in [0.1, 0.15) is 5.75 Å². The van der Waals surface area contributed by atoms with Crippen molar-refractivity contribution < 1.29 is 17.9 Å². The summed E-state index contributed by atoms with van der Waals surface area (Å²) in [4.78, 5) is 13.1. The van der Waals surface area contributed by atoms with Gasteiger partial charge in [-0.1, -0.05) is 60.7 Å². The Morgan fingerprint density at radius 3 is 2.27 bits per heavy atom. The van der Waals surface area contributed by atoms with Crippen LogP contribution in [0.2, 0.25) is 0 Å². The van der Waals surface area contributed by atoms with E-state index in [1.807, 2.05) is 37.3 Å². The normalized spacial score (nSPS) is 16.8. The van der Waals surface area contributed by atoms with Crippen LogP contribution in [-0.4, -0.2) is 27.0 Å². The molecule has 4 rings (SSSR count). The summed E-state index contributed by atoms with van der Waals surface area (Å²) < 4.78 is 33.7. The van der Waals surface area contributed by atoms with Crippen molar-refractivity contribution >= 4 is 21.6 Å². The fourth-order valence-corrected chi connectivity index (χ4v) is 4.91. The van der Waals surface area contributed by atoms with E-state index >= 15 is 0 Å². The van der Waals surface area contributed by atoms with Crippen molar-refractivity contribution in [3.05, 3.63) is 90.5 Å². The number of nitrogens with one attached hydrogen (secondary N) is 1. The molecule has 1 heterocycles. The Balaban J connectivity index is 1.62. The van der Waals surface area contributed by atoms with Crippen LogP contribution in [0.4, 0.5) is 5.69 Å². The SMILES string of the molecule is C[C@@H](NC(=O)C1CN(S(=O)(=O)c2ccccc2)c2ccccc2O1)c1ccccc1. The van der Waals surface area contributed by atoms with Gasteiger partial charge < -0.3 is 10.1 Å². The number of hydrogen-bond donors (Lipinski definition) is 1. The van der Waals surface area contributed by atoms with Gasteiger partial charge in [-0.2, -0.15) is 0 Å². The summed E-state index contributed by atoms with van der Waals surface area (Å²) in [5, 5.41) is 2.92. The van der Waals surface area contributed by atoms with E-state index in [0.29, 0.717) is 11.4 Å². The summed E-state index contributed by atoms with van der Waals surface area (Å²) in [6.45, 7) is 1.77. The standard InChI is InChI=1S/C23H22N2O4S/c1-17(18-10-4-2-5-11-18)24-23(26)22-16-25(20-14-8-9-15-21(20)29-22)30(27,28)19-12-6-3-7-13-19/h2-15,17,22H,16H2,1H3,(H,24,26)/t17-,22?/m1/s1. The Labute approximate surface area is 176 Å². The molecular weight excluding hydrogens is 400 g/mol. The molecule has 30 heavy (non-hydrogen) atoms. The first-order valence-corrected chi connectivity index (χ1v) is 11.1. The topological polar surface area (TPSA) is 75.7 Å². The second-order valence-corrected chi connectivity index (χ2v) is 8.93. The van der Waals surface area contributed by atoms with Gasteiger partial charge in [0, 0.05) is 0 Å². The van der Waals surface area contributed by atoms with Crippen LogP contribution in [0.5, 0.6) is 5.75 Å². The highest BCUT2D eigenvalue weighted by Gasteiger charge is 2.37. The van der Waals surface area contributed by atoms with E-state index in [4.69, 9.17) is 4.74 Å². The van der Waals surface area contributed by atoms with Gasteiger partial charge in [-0.05, 0) is 36.8 Å². The Kier molecular flexibility index (Phi) is 5.46. The minimum atomic E-state index is -3.85. The maximum absolute atomic E-state index is 13.3. The average Bonchev–Trinajstić information content (AvgIpc) is 2.79. The van der Waals surface area contributed by atoms with Crippen molar-refractivity contribution in [3.63, 3.8) is 0 Å². The number of anilines is 1. The summed E-state index contributed by atoms with van der Waals surface area (Å²) in [6, 6.07) is 24.3. The Bertz CT molecular complexity index is 1130. The lowest BCUT2D eigenvalue weighted by molar-refractivity contribution is -0.128. The molecule has 1 N–H and O–H groups in total. The zero-order valence-electron chi connectivity index (χ0n) is 16.4. The maximum atomic E-state index is 13.3. The molecule has 2 atom stereocenters. The monoisotopic (exact) mass is 422 g/mol. The number of nitrogens with zero attached hydrogens (tertiary/aromatic N) is 1. The van der Waals surface area contributed by atoms with Crippen molar-refractivity contribution in [1.82, 2.24) is 5.32 Å².